The molecule has 0 aliphatic carbocycles. The lowest BCUT2D eigenvalue weighted by molar-refractivity contribution is 0.546. The molecule has 0 amide bonds. The van der Waals surface area contributed by atoms with E-state index in [-0.39, 0.29) is 5.84 Å². The summed E-state index contributed by atoms with van der Waals surface area (Å²) in [4.78, 5) is 5.79. The molecule has 3 nitrogen and oxygen atoms in total. The van der Waals surface area contributed by atoms with Gasteiger partial charge in [-0.25, -0.2) is 4.99 Å². The van der Waals surface area contributed by atoms with Gasteiger partial charge in [-0.3, -0.25) is 5.41 Å². The molecule has 1 aromatic rings. The van der Waals surface area contributed by atoms with E-state index in [1.54, 1.807) is 4.90 Å². The van der Waals surface area contributed by atoms with Crippen LogP contribution in [-0.2, 0) is 0 Å². The molecule has 0 unspecified atom stereocenters. The highest BCUT2D eigenvalue weighted by atomic mass is 35.5. The number of nitrogens with one attached hydrogen (secondary N) is 1. The topological polar surface area (TPSA) is 39.5 Å². The first-order chi connectivity index (χ1) is 7.15. The average molecular weight is 224 g/mol. The molecule has 0 saturated carbocycles. The second-order valence-corrected chi connectivity index (χ2v) is 3.45. The molecule has 1 rings (SSSR count). The van der Waals surface area contributed by atoms with Crippen LogP contribution in [0.1, 0.15) is 12.5 Å². The third kappa shape index (κ3) is 3.36. The SMILES string of the molecule is CCN(C)/C(Cl)=N\C(=N)c1ccccc1. The maximum atomic E-state index is 7.73. The van der Waals surface area contributed by atoms with Crippen LogP contribution in [0.25, 0.3) is 0 Å². The summed E-state index contributed by atoms with van der Waals surface area (Å²) in [5.41, 5.74) is 0.764. The summed E-state index contributed by atoms with van der Waals surface area (Å²) in [5, 5.41) is 8.07. The Bertz CT molecular complexity index is 359. The average Bonchev–Trinajstić information content (AvgIpc) is 2.29. The van der Waals surface area contributed by atoms with Crippen LogP contribution < -0.4 is 0 Å². The minimum atomic E-state index is 0.181. The molecular weight excluding hydrogens is 210 g/mol. The standard InChI is InChI=1S/C11H14ClN3/c1-3-15(2)11(12)14-10(13)9-7-5-4-6-8-9/h4-8,13H,3H2,1-2H3/b13-10?,14-11-. The highest BCUT2D eigenvalue weighted by molar-refractivity contribution is 6.65. The predicted molar refractivity (Wildman–Crippen MR) is 64.9 cm³/mol. The number of aliphatic imine (C=N–C) groups is 1. The summed E-state index contributed by atoms with van der Waals surface area (Å²) in [6.45, 7) is 2.74. The molecule has 0 bridgehead atoms. The maximum Gasteiger partial charge on any atom is 0.200 e. The molecule has 0 atom stereocenters. The Hall–Kier alpha value is -1.35. The van der Waals surface area contributed by atoms with E-state index in [0.29, 0.717) is 5.29 Å². The monoisotopic (exact) mass is 223 g/mol. The lowest BCUT2D eigenvalue weighted by atomic mass is 10.2. The summed E-state index contributed by atoms with van der Waals surface area (Å²) >= 11 is 5.91. The first-order valence-corrected chi connectivity index (χ1v) is 5.12. The van der Waals surface area contributed by atoms with E-state index >= 15 is 0 Å². The summed E-state index contributed by atoms with van der Waals surface area (Å²) < 4.78 is 0. The Morgan fingerprint density at radius 3 is 2.53 bits per heavy atom. The Morgan fingerprint density at radius 1 is 1.40 bits per heavy atom. The maximum absolute atomic E-state index is 7.73. The van der Waals surface area contributed by atoms with Gasteiger partial charge < -0.3 is 4.90 Å². The Kier molecular flexibility index (Phi) is 4.31. The van der Waals surface area contributed by atoms with Gasteiger partial charge in [0.15, 0.2) is 11.1 Å². The number of rotatable bonds is 2. The summed E-state index contributed by atoms with van der Waals surface area (Å²) in [6, 6.07) is 9.32. The van der Waals surface area contributed by atoms with Crippen LogP contribution in [0.2, 0.25) is 0 Å². The molecule has 0 spiro atoms. The summed E-state index contributed by atoms with van der Waals surface area (Å²) in [6.07, 6.45) is 0. The predicted octanol–water partition coefficient (Wildman–Crippen LogP) is 2.56. The van der Waals surface area contributed by atoms with E-state index in [1.807, 2.05) is 44.3 Å². The van der Waals surface area contributed by atoms with Gasteiger partial charge in [0.1, 0.15) is 0 Å². The van der Waals surface area contributed by atoms with Crippen LogP contribution in [0.4, 0.5) is 0 Å². The lowest BCUT2D eigenvalue weighted by Gasteiger charge is -2.13. The second kappa shape index (κ2) is 5.51. The molecule has 4 heteroatoms. The van der Waals surface area contributed by atoms with Crippen molar-refractivity contribution in [1.29, 1.82) is 5.41 Å². The molecule has 0 aliphatic rings. The van der Waals surface area contributed by atoms with Gasteiger partial charge in [0.05, 0.1) is 0 Å². The third-order valence-electron chi connectivity index (χ3n) is 2.04. The fraction of sp³-hybridized carbons (Fsp3) is 0.273. The van der Waals surface area contributed by atoms with Crippen molar-refractivity contribution in [3.05, 3.63) is 35.9 Å². The molecule has 0 fully saturated rings. The zero-order valence-corrected chi connectivity index (χ0v) is 9.62. The fourth-order valence-electron chi connectivity index (χ4n) is 0.969. The van der Waals surface area contributed by atoms with Crippen molar-refractivity contribution in [3.8, 4) is 0 Å². The highest BCUT2D eigenvalue weighted by Gasteiger charge is 2.03. The van der Waals surface area contributed by atoms with Gasteiger partial charge in [-0.15, -0.1) is 0 Å². The van der Waals surface area contributed by atoms with Crippen molar-refractivity contribution in [2.45, 2.75) is 6.92 Å². The number of hydrogen-bond donors (Lipinski definition) is 1. The summed E-state index contributed by atoms with van der Waals surface area (Å²) in [7, 11) is 1.84. The highest BCUT2D eigenvalue weighted by Crippen LogP contribution is 2.03. The minimum absolute atomic E-state index is 0.181. The first kappa shape index (κ1) is 11.7. The Balaban J connectivity index is 2.79. The van der Waals surface area contributed by atoms with E-state index in [0.717, 1.165) is 12.1 Å². The van der Waals surface area contributed by atoms with E-state index in [2.05, 4.69) is 4.99 Å². The van der Waals surface area contributed by atoms with Crippen molar-refractivity contribution in [3.63, 3.8) is 0 Å². The molecule has 0 radical (unpaired) electrons. The molecule has 1 aromatic carbocycles. The zero-order chi connectivity index (χ0) is 11.3. The molecule has 80 valence electrons. The van der Waals surface area contributed by atoms with Crippen LogP contribution in [0.3, 0.4) is 0 Å². The van der Waals surface area contributed by atoms with Crippen molar-refractivity contribution < 1.29 is 0 Å². The molecule has 0 saturated heterocycles. The normalized spacial score (nSPS) is 11.3. The van der Waals surface area contributed by atoms with E-state index < -0.39 is 0 Å². The summed E-state index contributed by atoms with van der Waals surface area (Å²) in [5.74, 6) is 0.181. The van der Waals surface area contributed by atoms with Crippen LogP contribution in [0.5, 0.6) is 0 Å². The van der Waals surface area contributed by atoms with Gasteiger partial charge in [0.25, 0.3) is 0 Å². The molecule has 0 heterocycles. The number of hydrogen-bond acceptors (Lipinski definition) is 1. The van der Waals surface area contributed by atoms with Crippen LogP contribution in [-0.4, -0.2) is 29.6 Å². The second-order valence-electron chi connectivity index (χ2n) is 3.11. The Morgan fingerprint density at radius 2 is 2.00 bits per heavy atom. The van der Waals surface area contributed by atoms with Crippen LogP contribution >= 0.6 is 11.6 Å². The van der Waals surface area contributed by atoms with Crippen molar-refractivity contribution >= 4 is 22.7 Å². The third-order valence-corrected chi connectivity index (χ3v) is 2.41. The smallest absolute Gasteiger partial charge is 0.200 e. The van der Waals surface area contributed by atoms with Crippen molar-refractivity contribution in [2.75, 3.05) is 13.6 Å². The van der Waals surface area contributed by atoms with Gasteiger partial charge in [-0.1, -0.05) is 30.3 Å². The van der Waals surface area contributed by atoms with E-state index in [1.165, 1.54) is 0 Å². The van der Waals surface area contributed by atoms with Crippen molar-refractivity contribution in [1.82, 2.24) is 4.90 Å². The van der Waals surface area contributed by atoms with Gasteiger partial charge in [0, 0.05) is 19.2 Å². The quantitative estimate of drug-likeness (QED) is 0.467. The van der Waals surface area contributed by atoms with Crippen LogP contribution in [0, 0.1) is 5.41 Å². The van der Waals surface area contributed by atoms with E-state index in [9.17, 15) is 0 Å². The number of nitrogens with zero attached hydrogens (tertiary/aromatic N) is 2. The Labute approximate surface area is 94.9 Å². The molecule has 15 heavy (non-hydrogen) atoms. The molecular formula is C11H14ClN3. The lowest BCUT2D eigenvalue weighted by Crippen LogP contribution is -2.22. The first-order valence-electron chi connectivity index (χ1n) is 4.74. The molecule has 0 aliphatic heterocycles. The largest absolute Gasteiger partial charge is 0.350 e. The van der Waals surface area contributed by atoms with Gasteiger partial charge in [0.2, 0.25) is 0 Å². The number of benzene rings is 1. The van der Waals surface area contributed by atoms with Gasteiger partial charge >= 0.3 is 0 Å². The van der Waals surface area contributed by atoms with Crippen LogP contribution in [0.15, 0.2) is 35.3 Å². The van der Waals surface area contributed by atoms with Crippen molar-refractivity contribution in [2.24, 2.45) is 4.99 Å². The number of halogens is 1. The van der Waals surface area contributed by atoms with Gasteiger partial charge in [-0.2, -0.15) is 0 Å². The van der Waals surface area contributed by atoms with Gasteiger partial charge in [-0.05, 0) is 18.5 Å². The fourth-order valence-corrected chi connectivity index (χ4v) is 1.17. The number of amidine groups is 2. The van der Waals surface area contributed by atoms with E-state index in [4.69, 9.17) is 17.0 Å². The zero-order valence-electron chi connectivity index (χ0n) is 8.87. The molecule has 1 N–H and O–H groups in total. The molecule has 0 aromatic heterocycles. The minimum Gasteiger partial charge on any atom is -0.350 e.